The van der Waals surface area contributed by atoms with Gasteiger partial charge in [-0.2, -0.15) is 18.3 Å². The van der Waals surface area contributed by atoms with Crippen molar-refractivity contribution in [2.24, 2.45) is 0 Å². The molecule has 1 N–H and O–H groups in total. The van der Waals surface area contributed by atoms with E-state index in [9.17, 15) is 18.0 Å². The minimum Gasteiger partial charge on any atom is -0.491 e. The largest absolute Gasteiger partial charge is 0.491 e. The summed E-state index contributed by atoms with van der Waals surface area (Å²) in [5, 5.41) is 6.86. The first-order valence-corrected chi connectivity index (χ1v) is 9.69. The Morgan fingerprint density at radius 2 is 1.91 bits per heavy atom. The normalized spacial score (nSPS) is 12.3. The van der Waals surface area contributed by atoms with Crippen molar-refractivity contribution < 1.29 is 27.4 Å². The first-order valence-electron chi connectivity index (χ1n) is 9.69. The predicted octanol–water partition coefficient (Wildman–Crippen LogP) is 4.82. The third-order valence-corrected chi connectivity index (χ3v) is 4.93. The summed E-state index contributed by atoms with van der Waals surface area (Å²) in [6, 6.07) is 5.11. The summed E-state index contributed by atoms with van der Waals surface area (Å²) >= 11 is 0. The SMILES string of the molecule is COc1cc(-c2cc(C)c(C=O)c(C(C)Nc3cnn(CC(F)(F)F)c3)c2)cnc1OC. The van der Waals surface area contributed by atoms with Crippen LogP contribution >= 0.6 is 0 Å². The number of halogens is 3. The molecule has 0 radical (unpaired) electrons. The van der Waals surface area contributed by atoms with Gasteiger partial charge < -0.3 is 14.8 Å². The summed E-state index contributed by atoms with van der Waals surface area (Å²) in [7, 11) is 3.01. The summed E-state index contributed by atoms with van der Waals surface area (Å²) in [6.45, 7) is 2.46. The van der Waals surface area contributed by atoms with Gasteiger partial charge in [-0.3, -0.25) is 9.48 Å². The lowest BCUT2D eigenvalue weighted by molar-refractivity contribution is -0.142. The Kier molecular flexibility index (Phi) is 6.71. The molecule has 0 bridgehead atoms. The van der Waals surface area contributed by atoms with Gasteiger partial charge in [-0.1, -0.05) is 6.07 Å². The van der Waals surface area contributed by atoms with Crippen LogP contribution in [-0.2, 0) is 6.54 Å². The van der Waals surface area contributed by atoms with Gasteiger partial charge >= 0.3 is 6.18 Å². The minimum atomic E-state index is -4.36. The number of anilines is 1. The van der Waals surface area contributed by atoms with E-state index in [0.717, 1.165) is 27.7 Å². The molecule has 0 aliphatic carbocycles. The second-order valence-electron chi connectivity index (χ2n) is 7.26. The van der Waals surface area contributed by atoms with Crippen LogP contribution in [0.1, 0.15) is 34.5 Å². The number of hydrogen-bond acceptors (Lipinski definition) is 6. The van der Waals surface area contributed by atoms with Crippen LogP contribution in [0.2, 0.25) is 0 Å². The zero-order valence-electron chi connectivity index (χ0n) is 18.0. The van der Waals surface area contributed by atoms with Gasteiger partial charge in [0, 0.05) is 29.6 Å². The average Bonchev–Trinajstić information content (AvgIpc) is 3.17. The van der Waals surface area contributed by atoms with Gasteiger partial charge in [0.05, 0.1) is 26.1 Å². The monoisotopic (exact) mass is 448 g/mol. The maximum absolute atomic E-state index is 12.6. The topological polar surface area (TPSA) is 78.3 Å². The number of carbonyl (C=O) groups is 1. The molecular formula is C22H23F3N4O3. The lowest BCUT2D eigenvalue weighted by Crippen LogP contribution is -2.17. The van der Waals surface area contributed by atoms with Gasteiger partial charge in [-0.05, 0) is 42.7 Å². The third-order valence-electron chi connectivity index (χ3n) is 4.93. The first kappa shape index (κ1) is 23.1. The van der Waals surface area contributed by atoms with Gasteiger partial charge in [-0.25, -0.2) is 4.98 Å². The molecule has 1 aromatic carbocycles. The number of nitrogens with zero attached hydrogens (tertiary/aromatic N) is 3. The molecule has 0 aliphatic rings. The van der Waals surface area contributed by atoms with E-state index in [2.05, 4.69) is 15.4 Å². The highest BCUT2D eigenvalue weighted by Gasteiger charge is 2.28. The number of aryl methyl sites for hydroxylation is 1. The Labute approximate surface area is 183 Å². The Balaban J connectivity index is 1.94. The van der Waals surface area contributed by atoms with Crippen molar-refractivity contribution in [3.05, 3.63) is 53.5 Å². The average molecular weight is 448 g/mol. The molecule has 0 amide bonds. The van der Waals surface area contributed by atoms with Gasteiger partial charge in [0.15, 0.2) is 12.0 Å². The number of nitrogens with one attached hydrogen (secondary N) is 1. The minimum absolute atomic E-state index is 0.351. The standard InChI is InChI=1S/C22H23F3N4O3/c1-13-5-15(16-7-20(31-3)21(32-4)26-8-16)6-18(19(13)11-30)14(2)28-17-9-27-29(10-17)12-22(23,24)25/h5-11,14,28H,12H2,1-4H3. The number of aromatic nitrogens is 3. The number of benzene rings is 1. The van der Waals surface area contributed by atoms with Crippen molar-refractivity contribution in [3.63, 3.8) is 0 Å². The highest BCUT2D eigenvalue weighted by atomic mass is 19.4. The highest BCUT2D eigenvalue weighted by molar-refractivity contribution is 5.83. The molecule has 1 atom stereocenters. The third kappa shape index (κ3) is 5.19. The van der Waals surface area contributed by atoms with Crippen LogP contribution in [0.15, 0.2) is 36.8 Å². The van der Waals surface area contributed by atoms with E-state index in [1.165, 1.54) is 26.6 Å². The fourth-order valence-corrected chi connectivity index (χ4v) is 3.44. The smallest absolute Gasteiger partial charge is 0.408 e. The highest BCUT2D eigenvalue weighted by Crippen LogP contribution is 2.33. The summed E-state index contributed by atoms with van der Waals surface area (Å²) in [5.74, 6) is 0.815. The molecule has 0 saturated heterocycles. The van der Waals surface area contributed by atoms with Crippen molar-refractivity contribution >= 4 is 12.0 Å². The molecule has 0 fully saturated rings. The molecule has 10 heteroatoms. The Bertz CT molecular complexity index is 1110. The van der Waals surface area contributed by atoms with E-state index in [1.807, 2.05) is 26.0 Å². The number of alkyl halides is 3. The fraction of sp³-hybridized carbons (Fsp3) is 0.318. The maximum atomic E-state index is 12.6. The molecule has 7 nitrogen and oxygen atoms in total. The molecular weight excluding hydrogens is 425 g/mol. The van der Waals surface area contributed by atoms with Crippen LogP contribution in [0.4, 0.5) is 18.9 Å². The van der Waals surface area contributed by atoms with Crippen molar-refractivity contribution in [2.45, 2.75) is 32.6 Å². The van der Waals surface area contributed by atoms with Crippen LogP contribution in [0.25, 0.3) is 11.1 Å². The van der Waals surface area contributed by atoms with Crippen LogP contribution in [-0.4, -0.2) is 41.4 Å². The number of ether oxygens (including phenoxy) is 2. The molecule has 2 heterocycles. The van der Waals surface area contributed by atoms with E-state index in [4.69, 9.17) is 9.47 Å². The number of hydrogen-bond donors (Lipinski definition) is 1. The predicted molar refractivity (Wildman–Crippen MR) is 113 cm³/mol. The van der Waals surface area contributed by atoms with E-state index in [0.29, 0.717) is 28.4 Å². The maximum Gasteiger partial charge on any atom is 0.408 e. The number of pyridine rings is 1. The Morgan fingerprint density at radius 3 is 2.53 bits per heavy atom. The zero-order valence-corrected chi connectivity index (χ0v) is 18.0. The van der Waals surface area contributed by atoms with E-state index >= 15 is 0 Å². The van der Waals surface area contributed by atoms with E-state index in [-0.39, 0.29) is 6.04 Å². The van der Waals surface area contributed by atoms with Crippen molar-refractivity contribution in [3.8, 4) is 22.8 Å². The molecule has 2 aromatic heterocycles. The second kappa shape index (κ2) is 9.29. The van der Waals surface area contributed by atoms with Gasteiger partial charge in [0.25, 0.3) is 5.88 Å². The fourth-order valence-electron chi connectivity index (χ4n) is 3.44. The number of carbonyl (C=O) groups excluding carboxylic acids is 1. The van der Waals surface area contributed by atoms with Gasteiger partial charge in [0.2, 0.25) is 0 Å². The van der Waals surface area contributed by atoms with Crippen LogP contribution in [0.3, 0.4) is 0 Å². The van der Waals surface area contributed by atoms with Crippen molar-refractivity contribution in [2.75, 3.05) is 19.5 Å². The summed E-state index contributed by atoms with van der Waals surface area (Å²) in [5.41, 5.74) is 3.92. The molecule has 0 saturated carbocycles. The summed E-state index contributed by atoms with van der Waals surface area (Å²) in [4.78, 5) is 16.0. The van der Waals surface area contributed by atoms with Crippen LogP contribution < -0.4 is 14.8 Å². The molecule has 0 spiro atoms. The number of rotatable bonds is 8. The van der Waals surface area contributed by atoms with E-state index < -0.39 is 12.7 Å². The summed E-state index contributed by atoms with van der Waals surface area (Å²) < 4.78 is 49.1. The Hall–Kier alpha value is -3.56. The van der Waals surface area contributed by atoms with Crippen molar-refractivity contribution in [1.29, 1.82) is 0 Å². The van der Waals surface area contributed by atoms with E-state index in [1.54, 1.807) is 12.3 Å². The molecule has 32 heavy (non-hydrogen) atoms. The number of methoxy groups -OCH3 is 2. The lowest BCUT2D eigenvalue weighted by Gasteiger charge is -2.19. The summed E-state index contributed by atoms with van der Waals surface area (Å²) in [6.07, 6.45) is 0.641. The molecule has 3 rings (SSSR count). The van der Waals surface area contributed by atoms with Crippen molar-refractivity contribution in [1.82, 2.24) is 14.8 Å². The second-order valence-corrected chi connectivity index (χ2v) is 7.26. The zero-order chi connectivity index (χ0) is 23.5. The number of aldehydes is 1. The van der Waals surface area contributed by atoms with Crippen LogP contribution in [0.5, 0.6) is 11.6 Å². The van der Waals surface area contributed by atoms with Gasteiger partial charge in [0.1, 0.15) is 6.54 Å². The molecule has 170 valence electrons. The molecule has 0 aliphatic heterocycles. The van der Waals surface area contributed by atoms with Crippen LogP contribution in [0, 0.1) is 6.92 Å². The first-order chi connectivity index (χ1) is 15.1. The quantitative estimate of drug-likeness (QED) is 0.498. The van der Waals surface area contributed by atoms with Gasteiger partial charge in [-0.15, -0.1) is 0 Å². The molecule has 1 unspecified atom stereocenters. The lowest BCUT2D eigenvalue weighted by atomic mass is 9.92. The molecule has 3 aromatic rings. The Morgan fingerprint density at radius 1 is 1.16 bits per heavy atom.